The summed E-state index contributed by atoms with van der Waals surface area (Å²) in [6.07, 6.45) is 1.55. The van der Waals surface area contributed by atoms with Crippen LogP contribution in [0.15, 0.2) is 81.9 Å². The van der Waals surface area contributed by atoms with Crippen LogP contribution in [-0.2, 0) is 16.1 Å². The molecule has 0 amide bonds. The van der Waals surface area contributed by atoms with Crippen LogP contribution in [0.2, 0.25) is 5.02 Å². The van der Waals surface area contributed by atoms with E-state index in [2.05, 4.69) is 20.9 Å². The van der Waals surface area contributed by atoms with Gasteiger partial charge in [-0.05, 0) is 35.9 Å². The number of aliphatic imine (C=N–C) groups is 1. The Bertz CT molecular complexity index is 1270. The molecule has 0 atom stereocenters. The van der Waals surface area contributed by atoms with Gasteiger partial charge in [-0.1, -0.05) is 57.9 Å². The molecule has 3 aromatic rings. The number of hydrogen-bond donors (Lipinski definition) is 0. The van der Waals surface area contributed by atoms with Crippen LogP contribution in [0.5, 0.6) is 5.75 Å². The smallest absolute Gasteiger partial charge is 0.363 e. The Morgan fingerprint density at radius 3 is 2.59 bits per heavy atom. The molecule has 3 aromatic carbocycles. The van der Waals surface area contributed by atoms with Crippen molar-refractivity contribution < 1.29 is 19.2 Å². The number of carbonyl (C=O) groups excluding carboxylic acids is 1. The molecule has 0 bridgehead atoms. The summed E-state index contributed by atoms with van der Waals surface area (Å²) in [5.41, 5.74) is 1.78. The van der Waals surface area contributed by atoms with E-state index in [0.717, 1.165) is 10.0 Å². The van der Waals surface area contributed by atoms with E-state index in [4.69, 9.17) is 21.1 Å². The maximum atomic E-state index is 12.2. The number of halogens is 2. The minimum absolute atomic E-state index is 0.0597. The van der Waals surface area contributed by atoms with Gasteiger partial charge in [0.2, 0.25) is 5.90 Å². The number of ether oxygens (including phenoxy) is 2. The normalized spacial score (nSPS) is 14.2. The van der Waals surface area contributed by atoms with Gasteiger partial charge in [-0.25, -0.2) is 9.79 Å². The summed E-state index contributed by atoms with van der Waals surface area (Å²) >= 11 is 9.59. The van der Waals surface area contributed by atoms with Crippen molar-refractivity contribution in [1.29, 1.82) is 0 Å². The van der Waals surface area contributed by atoms with Gasteiger partial charge >= 0.3 is 5.97 Å². The van der Waals surface area contributed by atoms with Gasteiger partial charge in [0, 0.05) is 22.2 Å². The predicted molar refractivity (Wildman–Crippen MR) is 124 cm³/mol. The third kappa shape index (κ3) is 4.87. The Kier molecular flexibility index (Phi) is 6.34. The Morgan fingerprint density at radius 1 is 1.12 bits per heavy atom. The molecule has 0 fully saturated rings. The van der Waals surface area contributed by atoms with Crippen LogP contribution in [0.1, 0.15) is 16.7 Å². The molecule has 1 heterocycles. The molecule has 0 aliphatic carbocycles. The molecule has 0 radical (unpaired) electrons. The minimum atomic E-state index is -0.670. The highest BCUT2D eigenvalue weighted by atomic mass is 79.9. The van der Waals surface area contributed by atoms with Gasteiger partial charge < -0.3 is 9.47 Å². The van der Waals surface area contributed by atoms with Gasteiger partial charge in [-0.2, -0.15) is 0 Å². The van der Waals surface area contributed by atoms with Gasteiger partial charge in [0.1, 0.15) is 12.4 Å². The predicted octanol–water partition coefficient (Wildman–Crippen LogP) is 5.93. The number of nitro benzene ring substituents is 1. The molecular formula is C23H14BrClN2O5. The molecule has 4 rings (SSSR count). The minimum Gasteiger partial charge on any atom is -0.489 e. The highest BCUT2D eigenvalue weighted by Gasteiger charge is 2.27. The van der Waals surface area contributed by atoms with E-state index in [0.29, 0.717) is 17.9 Å². The molecule has 1 aliphatic heterocycles. The molecule has 0 aromatic heterocycles. The number of benzene rings is 3. The molecule has 0 N–H and O–H groups in total. The maximum absolute atomic E-state index is 12.2. The number of cyclic esters (lactones) is 1. The molecule has 0 unspecified atom stereocenters. The van der Waals surface area contributed by atoms with Gasteiger partial charge in [-0.3, -0.25) is 10.1 Å². The van der Waals surface area contributed by atoms with Crippen molar-refractivity contribution in [3.05, 3.63) is 109 Å². The zero-order valence-electron chi connectivity index (χ0n) is 16.3. The van der Waals surface area contributed by atoms with E-state index in [-0.39, 0.29) is 27.9 Å². The van der Waals surface area contributed by atoms with E-state index in [1.165, 1.54) is 18.2 Å². The van der Waals surface area contributed by atoms with Gasteiger partial charge in [0.05, 0.1) is 15.5 Å². The lowest BCUT2D eigenvalue weighted by Crippen LogP contribution is -2.06. The summed E-state index contributed by atoms with van der Waals surface area (Å²) in [7, 11) is 0. The van der Waals surface area contributed by atoms with Crippen LogP contribution >= 0.6 is 27.5 Å². The Hall–Kier alpha value is -3.49. The van der Waals surface area contributed by atoms with E-state index < -0.39 is 10.9 Å². The molecule has 0 spiro atoms. The Morgan fingerprint density at radius 2 is 1.88 bits per heavy atom. The molecule has 1 aliphatic rings. The van der Waals surface area contributed by atoms with E-state index in [9.17, 15) is 14.9 Å². The standard InChI is InChI=1S/C23H14BrClN2O5/c24-19-4-2-1-3-15(19)13-31-17-8-5-14(6-9-17)11-21-23(28)32-22(26-21)18-12-16(27(29)30)7-10-20(18)25/h1-12H,13H2/b21-11-. The first-order chi connectivity index (χ1) is 15.4. The van der Waals surface area contributed by atoms with Crippen molar-refractivity contribution in [3.63, 3.8) is 0 Å². The Balaban J connectivity index is 1.51. The highest BCUT2D eigenvalue weighted by molar-refractivity contribution is 9.10. The maximum Gasteiger partial charge on any atom is 0.363 e. The highest BCUT2D eigenvalue weighted by Crippen LogP contribution is 2.27. The molecule has 9 heteroatoms. The molecule has 32 heavy (non-hydrogen) atoms. The molecule has 7 nitrogen and oxygen atoms in total. The second-order valence-corrected chi connectivity index (χ2v) is 7.97. The van der Waals surface area contributed by atoms with Crippen molar-refractivity contribution in [1.82, 2.24) is 0 Å². The zero-order valence-corrected chi connectivity index (χ0v) is 18.7. The van der Waals surface area contributed by atoms with Crippen molar-refractivity contribution in [2.75, 3.05) is 0 Å². The summed E-state index contributed by atoms with van der Waals surface area (Å²) in [6, 6.07) is 18.8. The van der Waals surface area contributed by atoms with Gasteiger partial charge in [0.15, 0.2) is 5.70 Å². The number of nitrogens with zero attached hydrogens (tertiary/aromatic N) is 2. The zero-order chi connectivity index (χ0) is 22.7. The van der Waals surface area contributed by atoms with Crippen LogP contribution in [-0.4, -0.2) is 16.8 Å². The van der Waals surface area contributed by atoms with E-state index in [1.54, 1.807) is 30.3 Å². The topological polar surface area (TPSA) is 91.0 Å². The fraction of sp³-hybridized carbons (Fsp3) is 0.0435. The van der Waals surface area contributed by atoms with Crippen molar-refractivity contribution in [3.8, 4) is 5.75 Å². The molecule has 0 saturated carbocycles. The van der Waals surface area contributed by atoms with Crippen molar-refractivity contribution in [2.45, 2.75) is 6.61 Å². The summed E-state index contributed by atoms with van der Waals surface area (Å²) in [6.45, 7) is 0.409. The van der Waals surface area contributed by atoms with Crippen LogP contribution in [0.4, 0.5) is 5.69 Å². The first-order valence-electron chi connectivity index (χ1n) is 9.34. The number of esters is 1. The van der Waals surface area contributed by atoms with E-state index >= 15 is 0 Å². The van der Waals surface area contributed by atoms with Crippen molar-refractivity contribution >= 4 is 51.2 Å². The number of hydrogen-bond acceptors (Lipinski definition) is 6. The van der Waals surface area contributed by atoms with Crippen molar-refractivity contribution in [2.24, 2.45) is 4.99 Å². The largest absolute Gasteiger partial charge is 0.489 e. The van der Waals surface area contributed by atoms with Gasteiger partial charge in [-0.15, -0.1) is 0 Å². The number of carbonyl (C=O) groups is 1. The monoisotopic (exact) mass is 512 g/mol. The Labute approximate surface area is 196 Å². The summed E-state index contributed by atoms with van der Waals surface area (Å²) < 4.78 is 11.9. The first kappa shape index (κ1) is 21.7. The van der Waals surface area contributed by atoms with Gasteiger partial charge in [0.25, 0.3) is 5.69 Å². The van der Waals surface area contributed by atoms with E-state index in [1.807, 2.05) is 24.3 Å². The fourth-order valence-electron chi connectivity index (χ4n) is 2.91. The van der Waals surface area contributed by atoms with Crippen LogP contribution in [0.25, 0.3) is 6.08 Å². The van der Waals surface area contributed by atoms with Crippen LogP contribution < -0.4 is 4.74 Å². The molecule has 160 valence electrons. The summed E-state index contributed by atoms with van der Waals surface area (Å²) in [5, 5.41) is 11.2. The van der Waals surface area contributed by atoms with Crippen LogP contribution in [0.3, 0.4) is 0 Å². The number of non-ortho nitro benzene ring substituents is 1. The molecule has 0 saturated heterocycles. The third-order valence-corrected chi connectivity index (χ3v) is 5.65. The summed E-state index contributed by atoms with van der Waals surface area (Å²) in [4.78, 5) is 26.9. The quantitative estimate of drug-likeness (QED) is 0.176. The lowest BCUT2D eigenvalue weighted by atomic mass is 10.2. The average Bonchev–Trinajstić information content (AvgIpc) is 3.14. The SMILES string of the molecule is O=C1OC(c2cc([N+](=O)[O-])ccc2Cl)=N/C1=C\c1ccc(OCc2ccccc2Br)cc1. The summed E-state index contributed by atoms with van der Waals surface area (Å²) in [5.74, 6) is -0.0790. The third-order valence-electron chi connectivity index (χ3n) is 4.55. The second kappa shape index (κ2) is 9.33. The fourth-order valence-corrected chi connectivity index (χ4v) is 3.51. The number of nitro groups is 1. The average molecular weight is 514 g/mol. The first-order valence-corrected chi connectivity index (χ1v) is 10.5. The lowest BCUT2D eigenvalue weighted by Gasteiger charge is -2.08. The lowest BCUT2D eigenvalue weighted by molar-refractivity contribution is -0.384. The number of rotatable bonds is 6. The second-order valence-electron chi connectivity index (χ2n) is 6.71. The van der Waals surface area contributed by atoms with Crippen LogP contribution in [0, 0.1) is 10.1 Å². The molecular weight excluding hydrogens is 500 g/mol.